The minimum atomic E-state index is -1.06. The summed E-state index contributed by atoms with van der Waals surface area (Å²) < 4.78 is 34.5. The van der Waals surface area contributed by atoms with E-state index >= 15 is 0 Å². The van der Waals surface area contributed by atoms with Gasteiger partial charge in [0.1, 0.15) is 0 Å². The highest BCUT2D eigenvalue weighted by atomic mass is 19.2. The maximum atomic E-state index is 13.9. The molecule has 1 aliphatic carbocycles. The fourth-order valence-corrected chi connectivity index (χ4v) is 3.86. The Hall–Kier alpha value is -3.81. The van der Waals surface area contributed by atoms with Gasteiger partial charge in [-0.05, 0) is 37.5 Å². The smallest absolute Gasteiger partial charge is 0.337 e. The molecule has 0 aliphatic heterocycles. The lowest BCUT2D eigenvalue weighted by atomic mass is 10.1. The van der Waals surface area contributed by atoms with Gasteiger partial charge >= 0.3 is 5.97 Å². The van der Waals surface area contributed by atoms with Gasteiger partial charge < -0.3 is 14.4 Å². The first-order valence-electron chi connectivity index (χ1n) is 10.5. The highest BCUT2D eigenvalue weighted by molar-refractivity contribution is 5.92. The number of aromatic nitrogens is 2. The quantitative estimate of drug-likeness (QED) is 0.465. The number of carboxylic acid groups (broad SMARTS) is 1. The van der Waals surface area contributed by atoms with E-state index < -0.39 is 17.6 Å². The molecule has 0 bridgehead atoms. The number of aryl methyl sites for hydroxylation is 1. The largest absolute Gasteiger partial charge is 0.491 e. The number of carboxylic acids is 1. The zero-order valence-electron chi connectivity index (χ0n) is 18.1. The summed E-state index contributed by atoms with van der Waals surface area (Å²) in [5.41, 5.74) is 1.93. The summed E-state index contributed by atoms with van der Waals surface area (Å²) in [6.07, 6.45) is 3.98. The summed E-state index contributed by atoms with van der Waals surface area (Å²) in [4.78, 5) is 26.8. The number of ether oxygens (including phenoxy) is 1. The lowest BCUT2D eigenvalue weighted by molar-refractivity contribution is 0.0696. The third-order valence-electron chi connectivity index (χ3n) is 5.58. The summed E-state index contributed by atoms with van der Waals surface area (Å²) in [5.74, 6) is -3.22. The molecule has 1 aliphatic rings. The zero-order chi connectivity index (χ0) is 23.7. The molecule has 0 spiro atoms. The third-order valence-corrected chi connectivity index (χ3v) is 5.58. The minimum Gasteiger partial charge on any atom is -0.491 e. The number of hydrogen-bond acceptors (Lipinski definition) is 4. The lowest BCUT2D eigenvalue weighted by Crippen LogP contribution is -2.15. The van der Waals surface area contributed by atoms with Crippen LogP contribution in [-0.4, -0.2) is 27.7 Å². The fraction of sp³-hybridized carbons (Fsp3) is 0.240. The van der Waals surface area contributed by atoms with E-state index in [1.165, 1.54) is 19.4 Å². The number of benzene rings is 2. The Morgan fingerprint density at radius 1 is 1.21 bits per heavy atom. The molecule has 0 amide bonds. The summed E-state index contributed by atoms with van der Waals surface area (Å²) in [7, 11) is 1.29. The van der Waals surface area contributed by atoms with Gasteiger partial charge in [0, 0.05) is 29.4 Å². The Bertz CT molecular complexity index is 1430. The lowest BCUT2D eigenvalue weighted by Gasteiger charge is -2.18. The molecule has 5 rings (SSSR count). The molecule has 8 heteroatoms. The fourth-order valence-electron chi connectivity index (χ4n) is 3.86. The van der Waals surface area contributed by atoms with Crippen LogP contribution in [0.25, 0.3) is 21.8 Å². The number of carbonyl (C=O) groups is 1. The van der Waals surface area contributed by atoms with E-state index in [1.807, 2.05) is 35.8 Å². The first-order valence-corrected chi connectivity index (χ1v) is 10.5. The van der Waals surface area contributed by atoms with Crippen LogP contribution in [0.3, 0.4) is 0 Å². The van der Waals surface area contributed by atoms with Crippen molar-refractivity contribution < 1.29 is 23.4 Å². The number of halogens is 2. The highest BCUT2D eigenvalue weighted by Crippen LogP contribution is 2.41. The van der Waals surface area contributed by atoms with Crippen LogP contribution >= 0.6 is 0 Å². The van der Waals surface area contributed by atoms with Crippen molar-refractivity contribution in [3.8, 4) is 5.75 Å². The van der Waals surface area contributed by atoms with Gasteiger partial charge in [-0.1, -0.05) is 25.1 Å². The first-order chi connectivity index (χ1) is 15.8. The first kappa shape index (κ1) is 22.4. The maximum Gasteiger partial charge on any atom is 0.337 e. The summed E-state index contributed by atoms with van der Waals surface area (Å²) in [6, 6.07) is 11.8. The molecule has 4 aromatic rings. The van der Waals surface area contributed by atoms with Crippen molar-refractivity contribution in [3.63, 3.8) is 0 Å². The van der Waals surface area contributed by atoms with Crippen molar-refractivity contribution in [1.29, 1.82) is 0 Å². The molecule has 0 radical (unpaired) electrons. The van der Waals surface area contributed by atoms with Crippen LogP contribution in [0.2, 0.25) is 0 Å². The molecular formula is C25H22F2N2O4. The Labute approximate surface area is 188 Å². The van der Waals surface area contributed by atoms with Crippen LogP contribution in [-0.2, 0) is 6.42 Å². The molecule has 1 saturated carbocycles. The maximum absolute atomic E-state index is 13.9. The van der Waals surface area contributed by atoms with Gasteiger partial charge in [-0.25, -0.2) is 9.18 Å². The minimum absolute atomic E-state index is 0.171. The Morgan fingerprint density at radius 3 is 2.58 bits per heavy atom. The van der Waals surface area contributed by atoms with E-state index in [2.05, 4.69) is 4.98 Å². The SMILES string of the molecule is CCc1cc(=O)c2cc(F)c(F)c(OC)c2n1C1CC1.O=C(O)c1cnc2ccccc2c1. The second-order valence-corrected chi connectivity index (χ2v) is 7.78. The third kappa shape index (κ3) is 4.28. The molecule has 0 saturated heterocycles. The second-order valence-electron chi connectivity index (χ2n) is 7.78. The average Bonchev–Trinajstić information content (AvgIpc) is 3.65. The van der Waals surface area contributed by atoms with Gasteiger partial charge in [-0.2, -0.15) is 4.39 Å². The molecule has 1 N–H and O–H groups in total. The van der Waals surface area contributed by atoms with Crippen molar-refractivity contribution in [3.05, 3.63) is 81.8 Å². The molecule has 0 atom stereocenters. The van der Waals surface area contributed by atoms with E-state index in [1.54, 1.807) is 6.07 Å². The van der Waals surface area contributed by atoms with E-state index in [-0.39, 0.29) is 28.2 Å². The predicted molar refractivity (Wildman–Crippen MR) is 121 cm³/mol. The zero-order valence-corrected chi connectivity index (χ0v) is 18.1. The van der Waals surface area contributed by atoms with Crippen molar-refractivity contribution in [2.24, 2.45) is 0 Å². The van der Waals surface area contributed by atoms with Gasteiger partial charge in [0.05, 0.1) is 29.1 Å². The van der Waals surface area contributed by atoms with Crippen molar-refractivity contribution in [2.45, 2.75) is 32.2 Å². The van der Waals surface area contributed by atoms with E-state index in [9.17, 15) is 18.4 Å². The number of aromatic carboxylic acids is 1. The normalized spacial score (nSPS) is 13.0. The van der Waals surface area contributed by atoms with Gasteiger partial charge in [0.15, 0.2) is 17.0 Å². The van der Waals surface area contributed by atoms with Crippen molar-refractivity contribution in [2.75, 3.05) is 7.11 Å². The number of methoxy groups -OCH3 is 1. The van der Waals surface area contributed by atoms with Crippen molar-refractivity contribution in [1.82, 2.24) is 9.55 Å². The summed E-state index contributed by atoms with van der Waals surface area (Å²) >= 11 is 0. The van der Waals surface area contributed by atoms with Gasteiger partial charge in [0.25, 0.3) is 0 Å². The van der Waals surface area contributed by atoms with Gasteiger partial charge in [-0.3, -0.25) is 9.78 Å². The number of hydrogen-bond donors (Lipinski definition) is 1. The van der Waals surface area contributed by atoms with Crippen LogP contribution in [0, 0.1) is 11.6 Å². The van der Waals surface area contributed by atoms with Crippen LogP contribution in [0.4, 0.5) is 8.78 Å². The molecule has 0 unspecified atom stereocenters. The number of rotatable bonds is 4. The molecule has 2 aromatic heterocycles. The monoisotopic (exact) mass is 452 g/mol. The van der Waals surface area contributed by atoms with Crippen LogP contribution in [0.15, 0.2) is 53.5 Å². The number of pyridine rings is 2. The molecule has 2 heterocycles. The Kier molecular flexibility index (Phi) is 6.09. The van der Waals surface area contributed by atoms with Gasteiger partial charge in [0.2, 0.25) is 5.82 Å². The summed E-state index contributed by atoms with van der Waals surface area (Å²) in [6.45, 7) is 1.94. The highest BCUT2D eigenvalue weighted by Gasteiger charge is 2.29. The van der Waals surface area contributed by atoms with Crippen LogP contribution < -0.4 is 10.2 Å². The molecule has 2 aromatic carbocycles. The van der Waals surface area contributed by atoms with Crippen molar-refractivity contribution >= 4 is 27.8 Å². The number of fused-ring (bicyclic) bond motifs is 2. The predicted octanol–water partition coefficient (Wildman–Crippen LogP) is 5.12. The molecule has 6 nitrogen and oxygen atoms in total. The molecule has 33 heavy (non-hydrogen) atoms. The Morgan fingerprint density at radius 2 is 1.94 bits per heavy atom. The van der Waals surface area contributed by atoms with E-state index in [0.29, 0.717) is 11.9 Å². The number of para-hydroxylation sites is 1. The van der Waals surface area contributed by atoms with E-state index in [4.69, 9.17) is 9.84 Å². The molecular weight excluding hydrogens is 430 g/mol. The number of nitrogens with zero attached hydrogens (tertiary/aromatic N) is 2. The molecule has 170 valence electrons. The topological polar surface area (TPSA) is 81.4 Å². The van der Waals surface area contributed by atoms with Gasteiger partial charge in [-0.15, -0.1) is 0 Å². The average molecular weight is 452 g/mol. The standard InChI is InChI=1S/C15H15F2NO2.C10H7NO2/c1-3-8-6-12(19)10-7-11(16)13(17)15(20-2)14(10)18(8)9-4-5-9;12-10(13)8-5-7-3-1-2-4-9(7)11-6-8/h6-7,9H,3-5H2,1-2H3;1-6H,(H,12,13). The van der Waals surface area contributed by atoms with E-state index in [0.717, 1.165) is 35.5 Å². The van der Waals surface area contributed by atoms with Crippen LogP contribution in [0.5, 0.6) is 5.75 Å². The Balaban J connectivity index is 0.000000172. The molecule has 1 fully saturated rings. The second kappa shape index (κ2) is 8.97. The summed E-state index contributed by atoms with van der Waals surface area (Å²) in [5, 5.41) is 9.72. The van der Waals surface area contributed by atoms with Crippen LogP contribution in [0.1, 0.15) is 41.9 Å².